The molecule has 0 saturated carbocycles. The lowest BCUT2D eigenvalue weighted by molar-refractivity contribution is -0.0974. The Morgan fingerprint density at radius 3 is 2.79 bits per heavy atom. The van der Waals surface area contributed by atoms with Crippen LogP contribution < -0.4 is 11.1 Å². The van der Waals surface area contributed by atoms with Gasteiger partial charge >= 0.3 is 0 Å². The van der Waals surface area contributed by atoms with Crippen molar-refractivity contribution in [3.63, 3.8) is 0 Å². The van der Waals surface area contributed by atoms with Crippen LogP contribution in [-0.4, -0.2) is 37.9 Å². The van der Waals surface area contributed by atoms with Gasteiger partial charge in [0.25, 0.3) is 5.91 Å². The van der Waals surface area contributed by atoms with Crippen LogP contribution >= 0.6 is 11.3 Å². The number of nitrogens with one attached hydrogen (secondary N) is 1. The van der Waals surface area contributed by atoms with E-state index in [4.69, 9.17) is 20.2 Å². The predicted octanol–water partition coefficient (Wildman–Crippen LogP) is 3.50. The molecule has 1 unspecified atom stereocenters. The third-order valence-electron chi connectivity index (χ3n) is 5.52. The summed E-state index contributed by atoms with van der Waals surface area (Å²) >= 11 is 1.34. The Morgan fingerprint density at radius 1 is 1.31 bits per heavy atom. The van der Waals surface area contributed by atoms with Gasteiger partial charge in [-0.25, -0.2) is 4.98 Å². The summed E-state index contributed by atoms with van der Waals surface area (Å²) in [5, 5.41) is 3.68. The number of carbonyl (C=O) groups excluding carboxylic acids is 1. The average Bonchev–Trinajstić information content (AvgIpc) is 3.08. The van der Waals surface area contributed by atoms with Crippen molar-refractivity contribution in [3.05, 3.63) is 58.1 Å². The molecule has 0 fully saturated rings. The van der Waals surface area contributed by atoms with Gasteiger partial charge in [0.15, 0.2) is 6.29 Å². The third kappa shape index (κ3) is 3.99. The molecule has 3 aromatic rings. The van der Waals surface area contributed by atoms with Crippen LogP contribution in [0.25, 0.3) is 10.2 Å². The van der Waals surface area contributed by atoms with E-state index in [-0.39, 0.29) is 12.5 Å². The minimum absolute atomic E-state index is 0.232. The molecule has 0 saturated heterocycles. The van der Waals surface area contributed by atoms with E-state index in [1.807, 2.05) is 6.07 Å². The smallest absolute Gasteiger partial charge is 0.263 e. The topological polar surface area (TPSA) is 86.5 Å². The van der Waals surface area contributed by atoms with Crippen molar-refractivity contribution < 1.29 is 14.3 Å². The number of anilines is 1. The molecule has 1 atom stereocenters. The maximum atomic E-state index is 12.6. The maximum Gasteiger partial charge on any atom is 0.263 e. The number of pyridine rings is 1. The number of nitrogen functional groups attached to an aromatic ring is 1. The number of nitrogens with zero attached hydrogens (tertiary/aromatic N) is 1. The van der Waals surface area contributed by atoms with Crippen molar-refractivity contribution in [2.45, 2.75) is 31.5 Å². The Hall–Kier alpha value is -2.48. The standard InChI is InChI=1S/C22H25N3O3S/c1-27-18(28-2)12-24-21(26)20-19(23)16-11-15-10-14(13-6-4-3-5-7-13)8-9-17(15)25-22(16)29-20/h3-7,11,14,18H,8-10,12,23H2,1-2H3,(H,24,26). The summed E-state index contributed by atoms with van der Waals surface area (Å²) in [6.07, 6.45) is 2.48. The second-order valence-corrected chi connectivity index (χ2v) is 8.25. The summed E-state index contributed by atoms with van der Waals surface area (Å²) in [6, 6.07) is 12.7. The number of rotatable bonds is 6. The number of thiophene rings is 1. The van der Waals surface area contributed by atoms with Crippen molar-refractivity contribution in [1.82, 2.24) is 10.3 Å². The van der Waals surface area contributed by atoms with E-state index < -0.39 is 6.29 Å². The number of benzene rings is 1. The Morgan fingerprint density at radius 2 is 2.07 bits per heavy atom. The molecule has 0 spiro atoms. The van der Waals surface area contributed by atoms with Gasteiger partial charge in [0.1, 0.15) is 9.71 Å². The van der Waals surface area contributed by atoms with Crippen LogP contribution in [0.4, 0.5) is 5.69 Å². The molecule has 0 radical (unpaired) electrons. The first-order valence-corrected chi connectivity index (χ1v) is 10.5. The van der Waals surface area contributed by atoms with Crippen molar-refractivity contribution in [2.75, 3.05) is 26.5 Å². The molecule has 7 heteroatoms. The fourth-order valence-corrected chi connectivity index (χ4v) is 4.90. The molecule has 0 aliphatic heterocycles. The van der Waals surface area contributed by atoms with Crippen molar-refractivity contribution in [2.24, 2.45) is 0 Å². The highest BCUT2D eigenvalue weighted by Gasteiger charge is 2.24. The molecule has 3 N–H and O–H groups in total. The molecule has 0 bridgehead atoms. The first-order valence-electron chi connectivity index (χ1n) is 9.70. The van der Waals surface area contributed by atoms with Gasteiger partial charge in [0.2, 0.25) is 0 Å². The van der Waals surface area contributed by atoms with Crippen LogP contribution in [0.3, 0.4) is 0 Å². The lowest BCUT2D eigenvalue weighted by Gasteiger charge is -2.24. The van der Waals surface area contributed by atoms with Gasteiger partial charge in [-0.2, -0.15) is 0 Å². The lowest BCUT2D eigenvalue weighted by Crippen LogP contribution is -2.34. The number of ether oxygens (including phenoxy) is 2. The van der Waals surface area contributed by atoms with E-state index in [0.717, 1.165) is 35.2 Å². The average molecular weight is 412 g/mol. The largest absolute Gasteiger partial charge is 0.397 e. The zero-order valence-electron chi connectivity index (χ0n) is 16.6. The number of carbonyl (C=O) groups is 1. The minimum Gasteiger partial charge on any atom is -0.397 e. The van der Waals surface area contributed by atoms with E-state index in [1.165, 1.54) is 36.7 Å². The highest BCUT2D eigenvalue weighted by molar-refractivity contribution is 7.21. The van der Waals surface area contributed by atoms with E-state index in [2.05, 4.69) is 35.6 Å². The van der Waals surface area contributed by atoms with Gasteiger partial charge in [-0.05, 0) is 42.4 Å². The number of aromatic nitrogens is 1. The molecule has 1 amide bonds. The summed E-state index contributed by atoms with van der Waals surface area (Å²) in [5.41, 5.74) is 10.5. The Balaban J connectivity index is 1.59. The molecular weight excluding hydrogens is 386 g/mol. The molecule has 29 heavy (non-hydrogen) atoms. The molecule has 2 aromatic heterocycles. The van der Waals surface area contributed by atoms with Crippen molar-refractivity contribution in [1.29, 1.82) is 0 Å². The number of hydrogen-bond donors (Lipinski definition) is 2. The predicted molar refractivity (Wildman–Crippen MR) is 115 cm³/mol. The lowest BCUT2D eigenvalue weighted by atomic mass is 9.82. The van der Waals surface area contributed by atoms with Gasteiger partial charge in [-0.15, -0.1) is 11.3 Å². The molecule has 4 rings (SSSR count). The quantitative estimate of drug-likeness (QED) is 0.606. The van der Waals surface area contributed by atoms with Crippen molar-refractivity contribution in [3.8, 4) is 0 Å². The number of fused-ring (bicyclic) bond motifs is 2. The van der Waals surface area contributed by atoms with Gasteiger partial charge in [0.05, 0.1) is 12.2 Å². The SMILES string of the molecule is COC(CNC(=O)c1sc2nc3c(cc2c1N)CC(c1ccccc1)CC3)OC. The van der Waals surface area contributed by atoms with E-state index in [0.29, 0.717) is 16.5 Å². The summed E-state index contributed by atoms with van der Waals surface area (Å²) in [7, 11) is 3.07. The van der Waals surface area contributed by atoms with E-state index in [1.54, 1.807) is 0 Å². The van der Waals surface area contributed by atoms with Gasteiger partial charge in [-0.1, -0.05) is 30.3 Å². The van der Waals surface area contributed by atoms with E-state index in [9.17, 15) is 4.79 Å². The summed E-state index contributed by atoms with van der Waals surface area (Å²) in [6.45, 7) is 0.252. The fraction of sp³-hybridized carbons (Fsp3) is 0.364. The van der Waals surface area contributed by atoms with Crippen LogP contribution in [0, 0.1) is 0 Å². The Bertz CT molecular complexity index is 1020. The first-order chi connectivity index (χ1) is 14.1. The highest BCUT2D eigenvalue weighted by Crippen LogP contribution is 2.38. The number of amides is 1. The first kappa shape index (κ1) is 19.8. The minimum atomic E-state index is -0.491. The van der Waals surface area contributed by atoms with Gasteiger partial charge in [0, 0.05) is 25.3 Å². The van der Waals surface area contributed by atoms with Gasteiger partial charge < -0.3 is 20.5 Å². The second-order valence-electron chi connectivity index (χ2n) is 7.25. The van der Waals surface area contributed by atoms with Crippen LogP contribution in [0.5, 0.6) is 0 Å². The fourth-order valence-electron chi connectivity index (χ4n) is 3.89. The van der Waals surface area contributed by atoms with Crippen LogP contribution in [0.1, 0.15) is 38.8 Å². The molecular formula is C22H25N3O3S. The number of aryl methyl sites for hydroxylation is 1. The number of nitrogens with two attached hydrogens (primary N) is 1. The molecule has 1 aliphatic rings. The third-order valence-corrected chi connectivity index (χ3v) is 6.63. The Labute approximate surface area is 174 Å². The van der Waals surface area contributed by atoms with Crippen LogP contribution in [-0.2, 0) is 22.3 Å². The molecule has 1 aromatic carbocycles. The summed E-state index contributed by atoms with van der Waals surface area (Å²) in [5.74, 6) is 0.260. The molecule has 152 valence electrons. The summed E-state index contributed by atoms with van der Waals surface area (Å²) in [4.78, 5) is 18.8. The maximum absolute atomic E-state index is 12.6. The summed E-state index contributed by atoms with van der Waals surface area (Å²) < 4.78 is 10.2. The van der Waals surface area contributed by atoms with Crippen molar-refractivity contribution >= 4 is 33.1 Å². The molecule has 1 aliphatic carbocycles. The van der Waals surface area contributed by atoms with Crippen LogP contribution in [0.2, 0.25) is 0 Å². The van der Waals surface area contributed by atoms with Gasteiger partial charge in [-0.3, -0.25) is 4.79 Å². The zero-order chi connectivity index (χ0) is 20.4. The number of methoxy groups -OCH3 is 2. The Kier molecular flexibility index (Phi) is 5.80. The highest BCUT2D eigenvalue weighted by atomic mass is 32.1. The van der Waals surface area contributed by atoms with Crippen LogP contribution in [0.15, 0.2) is 36.4 Å². The molecule has 2 heterocycles. The monoisotopic (exact) mass is 411 g/mol. The van der Waals surface area contributed by atoms with E-state index >= 15 is 0 Å². The molecule has 6 nitrogen and oxygen atoms in total. The number of hydrogen-bond acceptors (Lipinski definition) is 6. The second kappa shape index (κ2) is 8.49. The normalized spacial score (nSPS) is 16.2. The zero-order valence-corrected chi connectivity index (χ0v) is 17.4.